The zero-order valence-corrected chi connectivity index (χ0v) is 12.6. The Morgan fingerprint density at radius 2 is 1.71 bits per heavy atom. The molecular weight excluding hydrogens is 306 g/mol. The quantitative estimate of drug-likeness (QED) is 0.721. The summed E-state index contributed by atoms with van der Waals surface area (Å²) in [6.45, 7) is 0. The van der Waals surface area contributed by atoms with Gasteiger partial charge in [-0.05, 0) is 0 Å². The molecule has 0 saturated carbocycles. The van der Waals surface area contributed by atoms with Gasteiger partial charge in [0.15, 0.2) is 0 Å². The molecule has 0 fully saturated rings. The van der Waals surface area contributed by atoms with E-state index in [0.29, 0.717) is 13.1 Å². The molecule has 0 heterocycles. The third-order valence-electron chi connectivity index (χ3n) is 2.01. The van der Waals surface area contributed by atoms with Crippen LogP contribution < -0.4 is 14.3 Å². The molecule has 2 nitrogen and oxygen atoms in total. The Labute approximate surface area is 99.2 Å². The minimum atomic E-state index is 0.485. The van der Waals surface area contributed by atoms with Crippen molar-refractivity contribution in [3.63, 3.8) is 0 Å². The number of hydrogen-bond donors (Lipinski definition) is 0. The zero-order valence-electron chi connectivity index (χ0n) is 8.98. The summed E-state index contributed by atoms with van der Waals surface area (Å²) in [5.74, 6) is 0. The first-order valence-electron chi connectivity index (χ1n) is 4.37. The molecule has 4 heteroatoms. The molecule has 1 aromatic rings. The van der Waals surface area contributed by atoms with Crippen molar-refractivity contribution in [3.05, 3.63) is 18.2 Å². The standard InChI is InChI=1S/C10H16N2Se2/c1-11(2)8-6-5-7-9(14-13)10(8)12(3)4/h5-7,13H,1-4H3. The van der Waals surface area contributed by atoms with E-state index >= 15 is 0 Å². The predicted octanol–water partition coefficient (Wildman–Crippen LogP) is -0.0361. The second kappa shape index (κ2) is 5.08. The number of nitrogens with zero attached hydrogens (tertiary/aromatic N) is 2. The van der Waals surface area contributed by atoms with E-state index in [1.54, 1.807) is 0 Å². The first-order valence-corrected chi connectivity index (χ1v) is 9.97. The molecule has 0 aromatic heterocycles. The number of para-hydroxylation sites is 1. The summed E-state index contributed by atoms with van der Waals surface area (Å²) in [5.41, 5.74) is 2.64. The summed E-state index contributed by atoms with van der Waals surface area (Å²) in [6, 6.07) is 6.50. The fourth-order valence-electron chi connectivity index (χ4n) is 1.39. The van der Waals surface area contributed by atoms with Gasteiger partial charge in [0, 0.05) is 0 Å². The molecule has 0 bridgehead atoms. The van der Waals surface area contributed by atoms with Crippen LogP contribution in [0.5, 0.6) is 0 Å². The minimum absolute atomic E-state index is 0.485. The first-order chi connectivity index (χ1) is 6.57. The molecule has 0 unspecified atom stereocenters. The van der Waals surface area contributed by atoms with Crippen molar-refractivity contribution in [1.82, 2.24) is 0 Å². The van der Waals surface area contributed by atoms with E-state index in [9.17, 15) is 0 Å². The van der Waals surface area contributed by atoms with E-state index in [1.165, 1.54) is 15.8 Å². The van der Waals surface area contributed by atoms with Crippen molar-refractivity contribution in [1.29, 1.82) is 0 Å². The molecular formula is C10H16N2Se2. The molecule has 0 atom stereocenters. The van der Waals surface area contributed by atoms with Gasteiger partial charge in [-0.3, -0.25) is 0 Å². The zero-order chi connectivity index (χ0) is 10.7. The summed E-state index contributed by atoms with van der Waals surface area (Å²) in [6.07, 6.45) is 0. The Kier molecular flexibility index (Phi) is 4.33. The molecule has 14 heavy (non-hydrogen) atoms. The van der Waals surface area contributed by atoms with Gasteiger partial charge in [0.1, 0.15) is 0 Å². The van der Waals surface area contributed by atoms with E-state index in [1.807, 2.05) is 0 Å². The summed E-state index contributed by atoms with van der Waals surface area (Å²) < 4.78 is 1.44. The second-order valence-corrected chi connectivity index (χ2v) is 6.80. The molecule has 0 aliphatic rings. The van der Waals surface area contributed by atoms with Crippen LogP contribution in [0.25, 0.3) is 0 Å². The maximum atomic E-state index is 2.70. The van der Waals surface area contributed by atoms with Gasteiger partial charge in [-0.15, -0.1) is 0 Å². The van der Waals surface area contributed by atoms with E-state index in [2.05, 4.69) is 70.4 Å². The van der Waals surface area contributed by atoms with Crippen LogP contribution in [0.3, 0.4) is 0 Å². The molecule has 0 aliphatic carbocycles. The van der Waals surface area contributed by atoms with Crippen molar-refractivity contribution < 1.29 is 0 Å². The Morgan fingerprint density at radius 1 is 1.07 bits per heavy atom. The van der Waals surface area contributed by atoms with Gasteiger partial charge in [0.25, 0.3) is 0 Å². The third kappa shape index (κ3) is 2.46. The molecule has 0 amide bonds. The average molecular weight is 322 g/mol. The van der Waals surface area contributed by atoms with E-state index < -0.39 is 0 Å². The summed E-state index contributed by atoms with van der Waals surface area (Å²) in [5, 5.41) is 0. The molecule has 0 aliphatic heterocycles. The fraction of sp³-hybridized carbons (Fsp3) is 0.400. The summed E-state index contributed by atoms with van der Waals surface area (Å²) in [7, 11) is 8.38. The molecule has 1 rings (SSSR count). The Hall–Kier alpha value is -0.141. The van der Waals surface area contributed by atoms with Crippen molar-refractivity contribution >= 4 is 43.2 Å². The number of anilines is 2. The third-order valence-corrected chi connectivity index (χ3v) is 5.25. The van der Waals surface area contributed by atoms with E-state index in [0.717, 1.165) is 0 Å². The molecule has 0 spiro atoms. The Morgan fingerprint density at radius 3 is 2.14 bits per heavy atom. The van der Waals surface area contributed by atoms with E-state index in [4.69, 9.17) is 0 Å². The predicted molar refractivity (Wildman–Crippen MR) is 67.6 cm³/mol. The molecule has 0 N–H and O–H groups in total. The maximum absolute atomic E-state index is 2.70. The van der Waals surface area contributed by atoms with Crippen LogP contribution in [0.1, 0.15) is 0 Å². The van der Waals surface area contributed by atoms with Crippen LogP contribution in [0, 0.1) is 0 Å². The Bertz CT molecular complexity index is 311. The SMILES string of the molecule is CN(C)c1cccc([Se][SeH])c1N(C)C. The molecule has 0 radical (unpaired) electrons. The molecule has 1 aromatic carbocycles. The fourth-order valence-corrected chi connectivity index (χ4v) is 4.08. The van der Waals surface area contributed by atoms with Crippen LogP contribution in [0.2, 0.25) is 0 Å². The van der Waals surface area contributed by atoms with Gasteiger partial charge in [0.05, 0.1) is 0 Å². The van der Waals surface area contributed by atoms with Crippen molar-refractivity contribution in [2.75, 3.05) is 38.0 Å². The number of benzene rings is 1. The van der Waals surface area contributed by atoms with Crippen LogP contribution in [0.4, 0.5) is 11.4 Å². The monoisotopic (exact) mass is 324 g/mol. The average Bonchev–Trinajstić information content (AvgIpc) is 2.16. The molecule has 78 valence electrons. The Balaban J connectivity index is 3.28. The van der Waals surface area contributed by atoms with Crippen LogP contribution >= 0.6 is 0 Å². The summed E-state index contributed by atoms with van der Waals surface area (Å²) >= 11 is 3.18. The van der Waals surface area contributed by atoms with E-state index in [-0.39, 0.29) is 0 Å². The number of hydrogen-bond acceptors (Lipinski definition) is 2. The van der Waals surface area contributed by atoms with Gasteiger partial charge in [-0.25, -0.2) is 0 Å². The summed E-state index contributed by atoms with van der Waals surface area (Å²) in [4.78, 5) is 4.36. The van der Waals surface area contributed by atoms with Gasteiger partial charge >= 0.3 is 99.3 Å². The topological polar surface area (TPSA) is 6.48 Å². The van der Waals surface area contributed by atoms with Crippen LogP contribution in [0.15, 0.2) is 18.2 Å². The van der Waals surface area contributed by atoms with Gasteiger partial charge in [-0.2, -0.15) is 0 Å². The molecule has 0 saturated heterocycles. The second-order valence-electron chi connectivity index (χ2n) is 3.50. The van der Waals surface area contributed by atoms with Gasteiger partial charge in [-0.1, -0.05) is 0 Å². The van der Waals surface area contributed by atoms with Crippen molar-refractivity contribution in [2.45, 2.75) is 0 Å². The number of rotatable bonds is 3. The van der Waals surface area contributed by atoms with Crippen molar-refractivity contribution in [2.24, 2.45) is 0 Å². The normalized spacial score (nSPS) is 10.1. The van der Waals surface area contributed by atoms with Crippen molar-refractivity contribution in [3.8, 4) is 0 Å². The van der Waals surface area contributed by atoms with Crippen LogP contribution in [-0.4, -0.2) is 55.5 Å². The van der Waals surface area contributed by atoms with Gasteiger partial charge < -0.3 is 0 Å². The van der Waals surface area contributed by atoms with Crippen LogP contribution in [-0.2, 0) is 0 Å². The first kappa shape index (κ1) is 11.9. The van der Waals surface area contributed by atoms with Gasteiger partial charge in [0.2, 0.25) is 0 Å².